The molecule has 0 bridgehead atoms. The van der Waals surface area contributed by atoms with Crippen LogP contribution in [-0.4, -0.2) is 34.3 Å². The molecule has 0 aliphatic carbocycles. The molecule has 0 saturated heterocycles. The fourth-order valence-electron chi connectivity index (χ4n) is 1.74. The van der Waals surface area contributed by atoms with Crippen LogP contribution >= 0.6 is 0 Å². The van der Waals surface area contributed by atoms with Crippen LogP contribution in [-0.2, 0) is 6.18 Å². The lowest BCUT2D eigenvalue weighted by atomic mass is 10.1. The first-order valence-corrected chi connectivity index (χ1v) is 5.86. The minimum absolute atomic E-state index is 0.211. The minimum Gasteiger partial charge on any atom is -0.374 e. The smallest absolute Gasteiger partial charge is 0.374 e. The highest BCUT2D eigenvalue weighted by molar-refractivity contribution is 5.59. The average Bonchev–Trinajstić information content (AvgIpc) is 2.87. The Labute approximate surface area is 113 Å². The number of benzene rings is 1. The molecule has 2 aromatic rings. The molecule has 1 aromatic carbocycles. The summed E-state index contributed by atoms with van der Waals surface area (Å²) >= 11 is 0. The second kappa shape index (κ2) is 5.26. The fraction of sp³-hybridized carbons (Fsp3) is 0.308. The Morgan fingerprint density at radius 1 is 1.20 bits per heavy atom. The van der Waals surface area contributed by atoms with Crippen LogP contribution in [0.2, 0.25) is 0 Å². The molecule has 1 unspecified atom stereocenters. The van der Waals surface area contributed by atoms with Gasteiger partial charge in [-0.05, 0) is 25.7 Å². The molecular formula is C13H14F3N3O. The summed E-state index contributed by atoms with van der Waals surface area (Å²) in [5, 5.41) is 15.4. The van der Waals surface area contributed by atoms with E-state index in [9.17, 15) is 18.3 Å². The number of hydrogen-bond acceptors (Lipinski definition) is 3. The van der Waals surface area contributed by atoms with Gasteiger partial charge in [-0.15, -0.1) is 0 Å². The topological polar surface area (TPSA) is 52.1 Å². The normalized spacial score (nSPS) is 13.8. The molecule has 20 heavy (non-hydrogen) atoms. The van der Waals surface area contributed by atoms with E-state index in [1.54, 1.807) is 43.3 Å². The number of aromatic amines is 1. The fourth-order valence-corrected chi connectivity index (χ4v) is 1.74. The summed E-state index contributed by atoms with van der Waals surface area (Å²) in [4.78, 5) is 1.62. The van der Waals surface area contributed by atoms with Gasteiger partial charge in [0.25, 0.3) is 0 Å². The van der Waals surface area contributed by atoms with Crippen LogP contribution in [0.1, 0.15) is 17.5 Å². The van der Waals surface area contributed by atoms with Gasteiger partial charge in [0.2, 0.25) is 0 Å². The SMILES string of the molecule is CN(C)C(O)c1ccc(-c2cc(C(F)(F)F)[nH]n2)cc1. The molecule has 0 radical (unpaired) electrons. The lowest BCUT2D eigenvalue weighted by molar-refractivity contribution is -0.141. The van der Waals surface area contributed by atoms with Crippen molar-refractivity contribution in [1.29, 1.82) is 0 Å². The van der Waals surface area contributed by atoms with E-state index in [0.717, 1.165) is 6.07 Å². The number of aliphatic hydroxyl groups is 1. The quantitative estimate of drug-likeness (QED) is 0.852. The van der Waals surface area contributed by atoms with Gasteiger partial charge >= 0.3 is 6.18 Å². The highest BCUT2D eigenvalue weighted by atomic mass is 19.4. The van der Waals surface area contributed by atoms with Crippen LogP contribution in [0.3, 0.4) is 0 Å². The predicted molar refractivity (Wildman–Crippen MR) is 67.7 cm³/mol. The maximum Gasteiger partial charge on any atom is 0.432 e. The Kier molecular flexibility index (Phi) is 3.82. The van der Waals surface area contributed by atoms with Crippen LogP contribution in [0, 0.1) is 0 Å². The van der Waals surface area contributed by atoms with Gasteiger partial charge in [0.15, 0.2) is 0 Å². The largest absolute Gasteiger partial charge is 0.432 e. The van der Waals surface area contributed by atoms with Crippen molar-refractivity contribution in [1.82, 2.24) is 15.1 Å². The Morgan fingerprint density at radius 2 is 1.80 bits per heavy atom. The number of aliphatic hydroxyl groups excluding tert-OH is 1. The predicted octanol–water partition coefficient (Wildman–Crippen LogP) is 2.65. The molecular weight excluding hydrogens is 271 g/mol. The highest BCUT2D eigenvalue weighted by Crippen LogP contribution is 2.30. The average molecular weight is 285 g/mol. The van der Waals surface area contributed by atoms with Crippen molar-refractivity contribution < 1.29 is 18.3 Å². The molecule has 108 valence electrons. The molecule has 7 heteroatoms. The number of halogens is 3. The summed E-state index contributed by atoms with van der Waals surface area (Å²) in [6.07, 6.45) is -5.19. The summed E-state index contributed by atoms with van der Waals surface area (Å²) in [5.41, 5.74) is 0.532. The highest BCUT2D eigenvalue weighted by Gasteiger charge is 2.33. The number of H-pyrrole nitrogens is 1. The summed E-state index contributed by atoms with van der Waals surface area (Å²) in [5.74, 6) is 0. The summed E-state index contributed by atoms with van der Waals surface area (Å²) < 4.78 is 37.4. The van der Waals surface area contributed by atoms with Crippen molar-refractivity contribution in [3.05, 3.63) is 41.6 Å². The molecule has 2 rings (SSSR count). The van der Waals surface area contributed by atoms with Crippen molar-refractivity contribution in [2.75, 3.05) is 14.1 Å². The molecule has 0 spiro atoms. The standard InChI is InChI=1S/C13H14F3N3O/c1-19(2)12(20)9-5-3-8(4-6-9)10-7-11(18-17-10)13(14,15)16/h3-7,12,20H,1-2H3,(H,17,18). The van der Waals surface area contributed by atoms with Gasteiger partial charge in [0, 0.05) is 5.56 Å². The van der Waals surface area contributed by atoms with E-state index in [1.807, 2.05) is 5.10 Å². The van der Waals surface area contributed by atoms with Crippen molar-refractivity contribution in [3.8, 4) is 11.3 Å². The van der Waals surface area contributed by atoms with E-state index in [0.29, 0.717) is 11.1 Å². The second-order valence-electron chi connectivity index (χ2n) is 4.62. The number of alkyl halides is 3. The van der Waals surface area contributed by atoms with E-state index in [4.69, 9.17) is 0 Å². The van der Waals surface area contributed by atoms with Crippen molar-refractivity contribution >= 4 is 0 Å². The third-order valence-corrected chi connectivity index (χ3v) is 2.88. The number of hydrogen-bond donors (Lipinski definition) is 2. The molecule has 1 atom stereocenters. The van der Waals surface area contributed by atoms with Crippen LogP contribution < -0.4 is 0 Å². The number of aromatic nitrogens is 2. The van der Waals surface area contributed by atoms with E-state index in [-0.39, 0.29) is 5.69 Å². The number of nitrogens with zero attached hydrogens (tertiary/aromatic N) is 2. The molecule has 0 saturated carbocycles. The zero-order valence-electron chi connectivity index (χ0n) is 10.9. The van der Waals surface area contributed by atoms with E-state index < -0.39 is 18.1 Å². The maximum atomic E-state index is 12.5. The molecule has 0 aliphatic rings. The van der Waals surface area contributed by atoms with Gasteiger partial charge < -0.3 is 5.11 Å². The molecule has 4 nitrogen and oxygen atoms in total. The van der Waals surface area contributed by atoms with E-state index in [2.05, 4.69) is 5.10 Å². The van der Waals surface area contributed by atoms with Crippen molar-refractivity contribution in [2.24, 2.45) is 0 Å². The third-order valence-electron chi connectivity index (χ3n) is 2.88. The molecule has 1 heterocycles. The van der Waals surface area contributed by atoms with Crippen molar-refractivity contribution in [2.45, 2.75) is 12.4 Å². The number of rotatable bonds is 3. The van der Waals surface area contributed by atoms with E-state index in [1.165, 1.54) is 0 Å². The zero-order chi connectivity index (χ0) is 14.9. The van der Waals surface area contributed by atoms with Gasteiger partial charge in [-0.2, -0.15) is 18.3 Å². The second-order valence-corrected chi connectivity index (χ2v) is 4.62. The molecule has 0 aliphatic heterocycles. The molecule has 0 amide bonds. The molecule has 1 aromatic heterocycles. The van der Waals surface area contributed by atoms with Crippen LogP contribution in [0.4, 0.5) is 13.2 Å². The van der Waals surface area contributed by atoms with Gasteiger partial charge in [0.1, 0.15) is 11.9 Å². The number of nitrogens with one attached hydrogen (secondary N) is 1. The third kappa shape index (κ3) is 3.00. The lowest BCUT2D eigenvalue weighted by Gasteiger charge is -2.18. The van der Waals surface area contributed by atoms with Gasteiger partial charge in [-0.1, -0.05) is 24.3 Å². The summed E-state index contributed by atoms with van der Waals surface area (Å²) in [6.45, 7) is 0. The first-order chi connectivity index (χ1) is 9.29. The Morgan fingerprint density at radius 3 is 2.25 bits per heavy atom. The summed E-state index contributed by atoms with van der Waals surface area (Å²) in [6, 6.07) is 7.51. The lowest BCUT2D eigenvalue weighted by Crippen LogP contribution is -2.18. The Bertz CT molecular complexity index is 575. The molecule has 2 N–H and O–H groups in total. The first kappa shape index (κ1) is 14.5. The van der Waals surface area contributed by atoms with Gasteiger partial charge in [-0.25, -0.2) is 0 Å². The Balaban J connectivity index is 2.24. The zero-order valence-corrected chi connectivity index (χ0v) is 10.9. The first-order valence-electron chi connectivity index (χ1n) is 5.86. The maximum absolute atomic E-state index is 12.5. The van der Waals surface area contributed by atoms with Crippen molar-refractivity contribution in [3.63, 3.8) is 0 Å². The summed E-state index contributed by atoms with van der Waals surface area (Å²) in [7, 11) is 3.45. The molecule has 0 fully saturated rings. The van der Waals surface area contributed by atoms with E-state index >= 15 is 0 Å². The monoisotopic (exact) mass is 285 g/mol. The van der Waals surface area contributed by atoms with Crippen LogP contribution in [0.15, 0.2) is 30.3 Å². The van der Waals surface area contributed by atoms with Gasteiger partial charge in [0.05, 0.1) is 5.69 Å². The van der Waals surface area contributed by atoms with Gasteiger partial charge in [-0.3, -0.25) is 10.00 Å². The minimum atomic E-state index is -4.44. The van der Waals surface area contributed by atoms with Crippen LogP contribution in [0.25, 0.3) is 11.3 Å². The Hall–Kier alpha value is -1.86. The van der Waals surface area contributed by atoms with Crippen LogP contribution in [0.5, 0.6) is 0 Å².